The molecule has 6 heteroatoms. The average molecular weight is 184 g/mol. The van der Waals surface area contributed by atoms with Crippen molar-refractivity contribution in [3.8, 4) is 0 Å². The van der Waals surface area contributed by atoms with Gasteiger partial charge in [0.25, 0.3) is 0 Å². The molecule has 0 radical (unpaired) electrons. The third-order valence-corrected chi connectivity index (χ3v) is 2.50. The summed E-state index contributed by atoms with van der Waals surface area (Å²) < 4.78 is 29.0. The van der Waals surface area contributed by atoms with Gasteiger partial charge < -0.3 is 5.11 Å². The standard InChI is InChI=1S/C5H13NO4S/c1-5(7)6(2,3)4-11(8,9)10/h5,7H,4H2,1-3H3/p+1. The summed E-state index contributed by atoms with van der Waals surface area (Å²) in [5, 5.41) is 9.04. The van der Waals surface area contributed by atoms with Crippen LogP contribution in [-0.2, 0) is 10.1 Å². The SMILES string of the molecule is CC(O)[N+](C)(C)CS(=O)(=O)O. The molecule has 11 heavy (non-hydrogen) atoms. The first-order chi connectivity index (χ1) is 4.65. The Kier molecular flexibility index (Phi) is 3.01. The van der Waals surface area contributed by atoms with Gasteiger partial charge in [-0.3, -0.25) is 9.04 Å². The van der Waals surface area contributed by atoms with E-state index < -0.39 is 22.2 Å². The molecule has 0 aromatic rings. The summed E-state index contributed by atoms with van der Waals surface area (Å²) in [6, 6.07) is 0. The van der Waals surface area contributed by atoms with E-state index in [2.05, 4.69) is 0 Å². The molecule has 0 aliphatic rings. The Balaban J connectivity index is 4.38. The van der Waals surface area contributed by atoms with Crippen LogP contribution in [0.15, 0.2) is 0 Å². The van der Waals surface area contributed by atoms with E-state index in [1.54, 1.807) is 0 Å². The summed E-state index contributed by atoms with van der Waals surface area (Å²) in [6.45, 7) is 1.46. The second kappa shape index (κ2) is 3.06. The van der Waals surface area contributed by atoms with Crippen LogP contribution in [0.4, 0.5) is 0 Å². The van der Waals surface area contributed by atoms with Gasteiger partial charge in [0.2, 0.25) is 5.88 Å². The van der Waals surface area contributed by atoms with Crippen LogP contribution in [0.3, 0.4) is 0 Å². The maximum Gasteiger partial charge on any atom is 0.316 e. The maximum atomic E-state index is 10.4. The van der Waals surface area contributed by atoms with Gasteiger partial charge in [-0.05, 0) is 0 Å². The van der Waals surface area contributed by atoms with Crippen LogP contribution in [-0.4, -0.2) is 48.8 Å². The number of hydrogen-bond acceptors (Lipinski definition) is 3. The van der Waals surface area contributed by atoms with E-state index in [0.717, 1.165) is 0 Å². The molecule has 5 nitrogen and oxygen atoms in total. The highest BCUT2D eigenvalue weighted by atomic mass is 32.2. The molecule has 0 aliphatic carbocycles. The van der Waals surface area contributed by atoms with Crippen molar-refractivity contribution in [1.29, 1.82) is 0 Å². The van der Waals surface area contributed by atoms with Crippen LogP contribution in [0.1, 0.15) is 6.92 Å². The van der Waals surface area contributed by atoms with Crippen molar-refractivity contribution in [2.45, 2.75) is 13.2 Å². The minimum absolute atomic E-state index is 0.168. The predicted octanol–water partition coefficient (Wildman–Crippen LogP) is -0.754. The fraction of sp³-hybridized carbons (Fsp3) is 1.00. The molecular formula is C5H14NO4S+. The normalized spacial score (nSPS) is 16.5. The first-order valence-corrected chi connectivity index (χ1v) is 4.72. The molecule has 2 N–H and O–H groups in total. The Labute approximate surface area is 66.6 Å². The molecule has 0 spiro atoms. The number of hydrogen-bond donors (Lipinski definition) is 2. The molecular weight excluding hydrogens is 170 g/mol. The lowest BCUT2D eigenvalue weighted by Crippen LogP contribution is -2.50. The van der Waals surface area contributed by atoms with Crippen molar-refractivity contribution in [3.63, 3.8) is 0 Å². The number of nitrogens with zero attached hydrogens (tertiary/aromatic N) is 1. The van der Waals surface area contributed by atoms with Crippen LogP contribution >= 0.6 is 0 Å². The van der Waals surface area contributed by atoms with Crippen LogP contribution in [0.25, 0.3) is 0 Å². The minimum Gasteiger partial charge on any atom is -0.345 e. The van der Waals surface area contributed by atoms with Gasteiger partial charge in [-0.1, -0.05) is 0 Å². The molecule has 68 valence electrons. The van der Waals surface area contributed by atoms with Gasteiger partial charge in [-0.15, -0.1) is 0 Å². The number of rotatable bonds is 3. The number of aliphatic hydroxyl groups is 1. The van der Waals surface area contributed by atoms with E-state index in [0.29, 0.717) is 0 Å². The van der Waals surface area contributed by atoms with Crippen LogP contribution < -0.4 is 0 Å². The van der Waals surface area contributed by atoms with Gasteiger partial charge in [-0.25, -0.2) is 0 Å². The monoisotopic (exact) mass is 184 g/mol. The van der Waals surface area contributed by atoms with Crippen molar-refractivity contribution < 1.29 is 22.6 Å². The molecule has 0 aromatic carbocycles. The summed E-state index contributed by atoms with van der Waals surface area (Å²) in [6.07, 6.45) is -0.822. The van der Waals surface area contributed by atoms with Gasteiger partial charge in [0.15, 0.2) is 6.23 Å². The third kappa shape index (κ3) is 4.31. The highest BCUT2D eigenvalue weighted by molar-refractivity contribution is 7.85. The zero-order valence-electron chi connectivity index (χ0n) is 6.85. The lowest BCUT2D eigenvalue weighted by atomic mass is 10.5. The number of aliphatic hydroxyl groups excluding tert-OH is 1. The van der Waals surface area contributed by atoms with E-state index in [4.69, 9.17) is 9.66 Å². The van der Waals surface area contributed by atoms with Crippen molar-refractivity contribution in [2.24, 2.45) is 0 Å². The fourth-order valence-electron chi connectivity index (χ4n) is 0.528. The average Bonchev–Trinajstić information content (AvgIpc) is 1.56. The Bertz CT molecular complexity index is 219. The van der Waals surface area contributed by atoms with E-state index in [1.165, 1.54) is 21.0 Å². The largest absolute Gasteiger partial charge is 0.345 e. The van der Waals surface area contributed by atoms with Gasteiger partial charge in [-0.2, -0.15) is 8.42 Å². The highest BCUT2D eigenvalue weighted by Gasteiger charge is 2.27. The van der Waals surface area contributed by atoms with Gasteiger partial charge >= 0.3 is 10.1 Å². The second-order valence-electron chi connectivity index (χ2n) is 3.12. The van der Waals surface area contributed by atoms with Crippen LogP contribution in [0, 0.1) is 0 Å². The Morgan fingerprint density at radius 3 is 1.91 bits per heavy atom. The topological polar surface area (TPSA) is 74.6 Å². The molecule has 0 saturated carbocycles. The summed E-state index contributed by atoms with van der Waals surface area (Å²) in [4.78, 5) is 0. The molecule has 1 unspecified atom stereocenters. The van der Waals surface area contributed by atoms with Gasteiger partial charge in [0.05, 0.1) is 14.1 Å². The first-order valence-electron chi connectivity index (χ1n) is 3.11. The molecule has 0 fully saturated rings. The molecule has 1 atom stereocenters. The van der Waals surface area contributed by atoms with E-state index in [9.17, 15) is 8.42 Å². The lowest BCUT2D eigenvalue weighted by Gasteiger charge is -2.30. The van der Waals surface area contributed by atoms with Crippen LogP contribution in [0.5, 0.6) is 0 Å². The van der Waals surface area contributed by atoms with Crippen molar-refractivity contribution in [2.75, 3.05) is 20.0 Å². The zero-order chi connectivity index (χ0) is 9.28. The smallest absolute Gasteiger partial charge is 0.316 e. The Hall–Kier alpha value is -0.170. The van der Waals surface area contributed by atoms with E-state index in [1.807, 2.05) is 0 Å². The summed E-state index contributed by atoms with van der Waals surface area (Å²) in [5.74, 6) is -0.481. The Morgan fingerprint density at radius 1 is 1.45 bits per heavy atom. The fourth-order valence-corrected chi connectivity index (χ4v) is 1.59. The van der Waals surface area contributed by atoms with Crippen LogP contribution in [0.2, 0.25) is 0 Å². The van der Waals surface area contributed by atoms with Crippen molar-refractivity contribution in [1.82, 2.24) is 0 Å². The number of quaternary nitrogens is 1. The quantitative estimate of drug-likeness (QED) is 0.344. The summed E-state index contributed by atoms with van der Waals surface area (Å²) in [5.41, 5.74) is 0. The molecule has 0 amide bonds. The molecule has 0 saturated heterocycles. The van der Waals surface area contributed by atoms with E-state index >= 15 is 0 Å². The third-order valence-electron chi connectivity index (χ3n) is 1.51. The predicted molar refractivity (Wildman–Crippen MR) is 40.2 cm³/mol. The minimum atomic E-state index is -4.01. The van der Waals surface area contributed by atoms with Gasteiger partial charge in [0.1, 0.15) is 0 Å². The molecule has 0 aliphatic heterocycles. The van der Waals surface area contributed by atoms with Gasteiger partial charge in [0, 0.05) is 6.92 Å². The molecule has 0 heterocycles. The van der Waals surface area contributed by atoms with Crippen molar-refractivity contribution >= 4 is 10.1 Å². The first kappa shape index (κ1) is 10.8. The second-order valence-corrected chi connectivity index (χ2v) is 4.54. The molecule has 0 aromatic heterocycles. The van der Waals surface area contributed by atoms with Crippen molar-refractivity contribution in [3.05, 3.63) is 0 Å². The summed E-state index contributed by atoms with van der Waals surface area (Å²) >= 11 is 0. The summed E-state index contributed by atoms with van der Waals surface area (Å²) in [7, 11) is -0.990. The Morgan fingerprint density at radius 2 is 1.82 bits per heavy atom. The van der Waals surface area contributed by atoms with E-state index in [-0.39, 0.29) is 4.48 Å². The maximum absolute atomic E-state index is 10.4. The lowest BCUT2D eigenvalue weighted by molar-refractivity contribution is -0.924. The highest BCUT2D eigenvalue weighted by Crippen LogP contribution is 2.05. The molecule has 0 bridgehead atoms. The molecule has 0 rings (SSSR count). The zero-order valence-corrected chi connectivity index (χ0v) is 7.67.